The molecule has 0 radical (unpaired) electrons. The fraction of sp³-hybridized carbons (Fsp3) is 0.214. The van der Waals surface area contributed by atoms with Crippen molar-refractivity contribution in [2.45, 2.75) is 19.8 Å². The topological polar surface area (TPSA) is 83.3 Å². The quantitative estimate of drug-likeness (QED) is 0.745. The van der Waals surface area contributed by atoms with Crippen LogP contribution in [0.25, 0.3) is 16.8 Å². The Morgan fingerprint density at radius 1 is 1.30 bits per heavy atom. The second-order valence-electron chi connectivity index (χ2n) is 4.90. The third-order valence-corrected chi connectivity index (χ3v) is 3.26. The summed E-state index contributed by atoms with van der Waals surface area (Å²) in [5.41, 5.74) is 2.14. The smallest absolute Gasteiger partial charge is 0.258 e. The zero-order valence-corrected chi connectivity index (χ0v) is 11.2. The fourth-order valence-electron chi connectivity index (χ4n) is 2.28. The molecule has 0 aliphatic heterocycles. The summed E-state index contributed by atoms with van der Waals surface area (Å²) in [6.45, 7) is 3.70. The van der Waals surface area contributed by atoms with E-state index in [0.29, 0.717) is 11.2 Å². The number of rotatable bonds is 2. The molecule has 0 bridgehead atoms. The van der Waals surface area contributed by atoms with Crippen LogP contribution in [0.4, 0.5) is 0 Å². The van der Waals surface area contributed by atoms with Crippen molar-refractivity contribution < 1.29 is 5.11 Å². The molecule has 102 valence electrons. The number of fused-ring (bicyclic) bond motifs is 1. The van der Waals surface area contributed by atoms with Gasteiger partial charge < -0.3 is 10.1 Å². The van der Waals surface area contributed by atoms with Crippen LogP contribution < -0.4 is 5.56 Å². The number of pyridine rings is 1. The lowest BCUT2D eigenvalue weighted by Crippen LogP contribution is -2.17. The van der Waals surface area contributed by atoms with Crippen LogP contribution in [0.5, 0.6) is 5.88 Å². The molecular formula is C14H14N4O2. The molecule has 0 aliphatic rings. The first-order chi connectivity index (χ1) is 9.59. The third kappa shape index (κ3) is 1.77. The summed E-state index contributed by atoms with van der Waals surface area (Å²) in [5.74, 6) is -0.198. The van der Waals surface area contributed by atoms with Gasteiger partial charge in [0.15, 0.2) is 0 Å². The first-order valence-corrected chi connectivity index (χ1v) is 6.33. The monoisotopic (exact) mass is 270 g/mol. The van der Waals surface area contributed by atoms with Crippen LogP contribution in [0.15, 0.2) is 35.5 Å². The van der Waals surface area contributed by atoms with Gasteiger partial charge in [-0.25, -0.2) is 0 Å². The van der Waals surface area contributed by atoms with Gasteiger partial charge in [0.05, 0.1) is 11.8 Å². The number of aromatic nitrogens is 4. The van der Waals surface area contributed by atoms with Gasteiger partial charge in [0.25, 0.3) is 5.56 Å². The summed E-state index contributed by atoms with van der Waals surface area (Å²) in [7, 11) is 0. The van der Waals surface area contributed by atoms with Crippen molar-refractivity contribution in [2.75, 3.05) is 0 Å². The zero-order chi connectivity index (χ0) is 14.3. The van der Waals surface area contributed by atoms with Crippen molar-refractivity contribution in [3.8, 4) is 17.0 Å². The number of hydrogen-bond donors (Lipinski definition) is 2. The van der Waals surface area contributed by atoms with Crippen molar-refractivity contribution in [3.05, 3.63) is 46.6 Å². The van der Waals surface area contributed by atoms with E-state index in [4.69, 9.17) is 0 Å². The van der Waals surface area contributed by atoms with Gasteiger partial charge in [-0.3, -0.25) is 9.78 Å². The van der Waals surface area contributed by atoms with Crippen LogP contribution in [-0.4, -0.2) is 24.7 Å². The van der Waals surface area contributed by atoms with Crippen LogP contribution in [0.1, 0.15) is 25.3 Å². The molecule has 3 aromatic rings. The molecule has 2 N–H and O–H groups in total. The van der Waals surface area contributed by atoms with E-state index in [1.807, 2.05) is 26.0 Å². The molecule has 6 heteroatoms. The molecule has 0 saturated carbocycles. The van der Waals surface area contributed by atoms with Crippen molar-refractivity contribution in [1.29, 1.82) is 0 Å². The van der Waals surface area contributed by atoms with Crippen LogP contribution in [-0.2, 0) is 0 Å². The first-order valence-electron chi connectivity index (χ1n) is 6.33. The largest absolute Gasteiger partial charge is 0.493 e. The molecule has 6 nitrogen and oxygen atoms in total. The average Bonchev–Trinajstić information content (AvgIpc) is 2.83. The minimum Gasteiger partial charge on any atom is -0.493 e. The minimum atomic E-state index is -0.291. The predicted octanol–water partition coefficient (Wildman–Crippen LogP) is 1.91. The number of hydrogen-bond acceptors (Lipinski definition) is 4. The van der Waals surface area contributed by atoms with E-state index in [9.17, 15) is 9.90 Å². The number of aromatic hydroxyl groups is 1. The first kappa shape index (κ1) is 12.4. The van der Waals surface area contributed by atoms with E-state index in [1.165, 1.54) is 4.52 Å². The molecule has 0 fully saturated rings. The molecule has 3 heterocycles. The summed E-state index contributed by atoms with van der Waals surface area (Å²) in [5, 5.41) is 14.4. The van der Waals surface area contributed by atoms with Gasteiger partial charge >= 0.3 is 0 Å². The van der Waals surface area contributed by atoms with Crippen LogP contribution in [0.2, 0.25) is 0 Å². The van der Waals surface area contributed by atoms with Gasteiger partial charge in [0, 0.05) is 18.0 Å². The van der Waals surface area contributed by atoms with Crippen molar-refractivity contribution >= 4 is 5.65 Å². The van der Waals surface area contributed by atoms with Gasteiger partial charge in [-0.2, -0.15) is 9.61 Å². The van der Waals surface area contributed by atoms with Gasteiger partial charge in [0.2, 0.25) is 5.88 Å². The highest BCUT2D eigenvalue weighted by atomic mass is 16.3. The number of H-pyrrole nitrogens is 1. The van der Waals surface area contributed by atoms with Crippen molar-refractivity contribution in [2.24, 2.45) is 0 Å². The number of aromatic amines is 1. The van der Waals surface area contributed by atoms with Crippen molar-refractivity contribution in [3.63, 3.8) is 0 Å². The Labute approximate surface area is 114 Å². The summed E-state index contributed by atoms with van der Waals surface area (Å²) in [4.78, 5) is 18.9. The van der Waals surface area contributed by atoms with Crippen LogP contribution in [0, 0.1) is 0 Å². The lowest BCUT2D eigenvalue weighted by molar-refractivity contribution is 0.423. The van der Waals surface area contributed by atoms with E-state index in [0.717, 1.165) is 11.1 Å². The molecule has 3 aromatic heterocycles. The molecule has 0 spiro atoms. The summed E-state index contributed by atoms with van der Waals surface area (Å²) < 4.78 is 1.35. The zero-order valence-electron chi connectivity index (χ0n) is 11.2. The number of nitrogens with one attached hydrogen (secondary N) is 1. The Bertz CT molecular complexity index is 818. The average molecular weight is 270 g/mol. The van der Waals surface area contributed by atoms with Crippen LogP contribution in [0.3, 0.4) is 0 Å². The van der Waals surface area contributed by atoms with Gasteiger partial charge in [-0.05, 0) is 23.6 Å². The standard InChI is InChI=1S/C14H14N4O2/c1-8(2)11-13(19)17-12-10(7-16-18(12)14(11)20)9-3-5-15-6-4-9/h3-8,20H,1-2H3,(H,17,19). The molecule has 3 rings (SSSR count). The summed E-state index contributed by atoms with van der Waals surface area (Å²) in [6.07, 6.45) is 4.95. The Balaban J connectivity index is 2.33. The van der Waals surface area contributed by atoms with Gasteiger partial charge in [0.1, 0.15) is 5.65 Å². The predicted molar refractivity (Wildman–Crippen MR) is 74.8 cm³/mol. The van der Waals surface area contributed by atoms with E-state index in [2.05, 4.69) is 15.1 Å². The van der Waals surface area contributed by atoms with Gasteiger partial charge in [-0.1, -0.05) is 13.8 Å². The Morgan fingerprint density at radius 3 is 2.65 bits per heavy atom. The van der Waals surface area contributed by atoms with E-state index in [-0.39, 0.29) is 17.4 Å². The molecule has 0 saturated heterocycles. The third-order valence-electron chi connectivity index (χ3n) is 3.26. The summed E-state index contributed by atoms with van der Waals surface area (Å²) in [6, 6.07) is 3.64. The van der Waals surface area contributed by atoms with E-state index >= 15 is 0 Å². The maximum absolute atomic E-state index is 12.1. The lowest BCUT2D eigenvalue weighted by atomic mass is 10.1. The Kier molecular flexibility index (Phi) is 2.78. The maximum Gasteiger partial charge on any atom is 0.258 e. The van der Waals surface area contributed by atoms with Crippen molar-refractivity contribution in [1.82, 2.24) is 19.6 Å². The highest BCUT2D eigenvalue weighted by Gasteiger charge is 2.18. The molecule has 0 aliphatic carbocycles. The summed E-state index contributed by atoms with van der Waals surface area (Å²) >= 11 is 0. The molecule has 0 aromatic carbocycles. The normalized spacial score (nSPS) is 11.3. The van der Waals surface area contributed by atoms with E-state index in [1.54, 1.807) is 18.6 Å². The highest BCUT2D eigenvalue weighted by molar-refractivity contribution is 5.77. The highest BCUT2D eigenvalue weighted by Crippen LogP contribution is 2.27. The SMILES string of the molecule is CC(C)c1c(O)n2ncc(-c3ccncc3)c2[nH]c1=O. The maximum atomic E-state index is 12.1. The molecular weight excluding hydrogens is 256 g/mol. The minimum absolute atomic E-state index is 0.0864. The Hall–Kier alpha value is -2.63. The van der Waals surface area contributed by atoms with Gasteiger partial charge in [-0.15, -0.1) is 0 Å². The fourth-order valence-corrected chi connectivity index (χ4v) is 2.28. The molecule has 0 atom stereocenters. The molecule has 20 heavy (non-hydrogen) atoms. The Morgan fingerprint density at radius 2 is 2.00 bits per heavy atom. The number of nitrogens with zero attached hydrogens (tertiary/aromatic N) is 3. The molecule has 0 amide bonds. The molecule has 0 unspecified atom stereocenters. The van der Waals surface area contributed by atoms with E-state index < -0.39 is 0 Å². The second-order valence-corrected chi connectivity index (χ2v) is 4.90. The lowest BCUT2D eigenvalue weighted by Gasteiger charge is -2.08. The second kappa shape index (κ2) is 4.48. The van der Waals surface area contributed by atoms with Crippen LogP contribution >= 0.6 is 0 Å².